The van der Waals surface area contributed by atoms with Crippen molar-refractivity contribution in [3.63, 3.8) is 0 Å². The van der Waals surface area contributed by atoms with Crippen LogP contribution < -0.4 is 4.90 Å². The van der Waals surface area contributed by atoms with Crippen LogP contribution >= 0.6 is 23.2 Å². The van der Waals surface area contributed by atoms with Gasteiger partial charge in [-0.05, 0) is 31.0 Å². The van der Waals surface area contributed by atoms with Gasteiger partial charge >= 0.3 is 0 Å². The lowest BCUT2D eigenvalue weighted by molar-refractivity contribution is -0.126. The van der Waals surface area contributed by atoms with Crippen molar-refractivity contribution in [1.82, 2.24) is 10.0 Å². The van der Waals surface area contributed by atoms with Crippen molar-refractivity contribution in [3.8, 4) is 0 Å². The number of aryl methyl sites for hydroxylation is 1. The first-order valence-electron chi connectivity index (χ1n) is 9.40. The van der Waals surface area contributed by atoms with Gasteiger partial charge in [-0.1, -0.05) is 59.1 Å². The quantitative estimate of drug-likeness (QED) is 0.698. The Morgan fingerprint density at radius 1 is 0.857 bits per heavy atom. The van der Waals surface area contributed by atoms with Crippen molar-refractivity contribution in [2.24, 2.45) is 5.92 Å². The monoisotopic (exact) mass is 415 g/mol. The number of halogens is 2. The molecule has 5 nitrogen and oxygen atoms in total. The van der Waals surface area contributed by atoms with Crippen LogP contribution in [0.1, 0.15) is 23.6 Å². The van der Waals surface area contributed by atoms with Crippen molar-refractivity contribution in [1.29, 1.82) is 0 Å². The third-order valence-electron chi connectivity index (χ3n) is 5.99. The van der Waals surface area contributed by atoms with E-state index >= 15 is 0 Å². The molecule has 0 spiro atoms. The summed E-state index contributed by atoms with van der Waals surface area (Å²) in [6.45, 7) is 3.65. The molecule has 0 bridgehead atoms. The maximum Gasteiger partial charge on any atom is 0.253 e. The number of anilines is 1. The standard InChI is InChI=1S/C21H19Cl2N3O2/c1-12-6-8-13(9-7-12)17-16-19(25-11-3-10-24(17)25)21(28)26(20(16)27)18-14(22)4-2-5-15(18)23/h2,4-9,16-17,19H,3,10-11H2,1H3/t16-,17+,19+/m0/s1. The molecule has 0 unspecified atom stereocenters. The van der Waals surface area contributed by atoms with Crippen LogP contribution in [-0.4, -0.2) is 41.0 Å². The summed E-state index contributed by atoms with van der Waals surface area (Å²) in [4.78, 5) is 28.1. The molecule has 0 aliphatic carbocycles. The zero-order valence-electron chi connectivity index (χ0n) is 15.3. The fourth-order valence-electron chi connectivity index (χ4n) is 4.80. The fourth-order valence-corrected chi connectivity index (χ4v) is 5.37. The minimum Gasteiger partial charge on any atom is -0.274 e. The molecule has 3 saturated heterocycles. The summed E-state index contributed by atoms with van der Waals surface area (Å²) in [5, 5.41) is 4.88. The van der Waals surface area contributed by atoms with E-state index in [2.05, 4.69) is 22.2 Å². The van der Waals surface area contributed by atoms with Crippen LogP contribution in [0.3, 0.4) is 0 Å². The van der Waals surface area contributed by atoms with Gasteiger partial charge in [-0.25, -0.2) is 14.9 Å². The number of amides is 2. The van der Waals surface area contributed by atoms with Gasteiger partial charge in [-0.3, -0.25) is 9.59 Å². The molecule has 2 aromatic carbocycles. The van der Waals surface area contributed by atoms with Crippen LogP contribution in [0.5, 0.6) is 0 Å². The second-order valence-electron chi connectivity index (χ2n) is 7.59. The van der Waals surface area contributed by atoms with Gasteiger partial charge in [0, 0.05) is 13.1 Å². The maximum atomic E-state index is 13.5. The molecular weight excluding hydrogens is 397 g/mol. The lowest BCUT2D eigenvalue weighted by Crippen LogP contribution is -2.44. The van der Waals surface area contributed by atoms with Crippen LogP contribution in [0.15, 0.2) is 42.5 Å². The molecule has 2 amide bonds. The number of fused-ring (bicyclic) bond motifs is 3. The van der Waals surface area contributed by atoms with E-state index in [-0.39, 0.29) is 17.9 Å². The van der Waals surface area contributed by atoms with Gasteiger partial charge in [0.15, 0.2) is 0 Å². The van der Waals surface area contributed by atoms with Crippen LogP contribution in [0.25, 0.3) is 0 Å². The van der Waals surface area contributed by atoms with Crippen molar-refractivity contribution in [2.75, 3.05) is 18.0 Å². The predicted molar refractivity (Wildman–Crippen MR) is 108 cm³/mol. The minimum atomic E-state index is -0.506. The first-order valence-corrected chi connectivity index (χ1v) is 10.2. The van der Waals surface area contributed by atoms with E-state index in [1.54, 1.807) is 18.2 Å². The molecule has 3 atom stereocenters. The maximum absolute atomic E-state index is 13.5. The lowest BCUT2D eigenvalue weighted by atomic mass is 9.89. The van der Waals surface area contributed by atoms with Gasteiger partial charge in [-0.15, -0.1) is 0 Å². The molecule has 3 fully saturated rings. The van der Waals surface area contributed by atoms with Gasteiger partial charge in [0.05, 0.1) is 27.7 Å². The largest absolute Gasteiger partial charge is 0.274 e. The number of hydrazine groups is 1. The highest BCUT2D eigenvalue weighted by molar-refractivity contribution is 6.42. The van der Waals surface area contributed by atoms with E-state index in [9.17, 15) is 9.59 Å². The average Bonchev–Trinajstić information content (AvgIpc) is 3.30. The van der Waals surface area contributed by atoms with Crippen molar-refractivity contribution in [2.45, 2.75) is 25.4 Å². The summed E-state index contributed by atoms with van der Waals surface area (Å²) in [7, 11) is 0. The Kier molecular flexibility index (Phi) is 4.25. The van der Waals surface area contributed by atoms with E-state index in [4.69, 9.17) is 23.2 Å². The molecule has 5 rings (SSSR count). The number of hydrogen-bond donors (Lipinski definition) is 0. The molecule has 7 heteroatoms. The van der Waals surface area contributed by atoms with Gasteiger partial charge in [0.25, 0.3) is 5.91 Å². The van der Waals surface area contributed by atoms with Crippen LogP contribution in [0.4, 0.5) is 5.69 Å². The van der Waals surface area contributed by atoms with E-state index < -0.39 is 12.0 Å². The highest BCUT2D eigenvalue weighted by Gasteiger charge is 2.63. The van der Waals surface area contributed by atoms with Crippen molar-refractivity contribution in [3.05, 3.63) is 63.6 Å². The Morgan fingerprint density at radius 3 is 2.11 bits per heavy atom. The number of para-hydroxylation sites is 1. The Balaban J connectivity index is 1.62. The van der Waals surface area contributed by atoms with Crippen LogP contribution in [-0.2, 0) is 9.59 Å². The third kappa shape index (κ3) is 2.47. The summed E-state index contributed by atoms with van der Waals surface area (Å²) in [5.41, 5.74) is 2.51. The SMILES string of the molecule is Cc1ccc([C@@H]2[C@@H]3C(=O)N(c4c(Cl)cccc4Cl)C(=O)[C@@H]3N3CCCN23)cc1. The lowest BCUT2D eigenvalue weighted by Gasteiger charge is -2.30. The minimum absolute atomic E-state index is 0.157. The molecule has 3 aliphatic rings. The molecule has 0 aromatic heterocycles. The first kappa shape index (κ1) is 18.1. The zero-order valence-corrected chi connectivity index (χ0v) is 16.8. The summed E-state index contributed by atoms with van der Waals surface area (Å²) in [6.07, 6.45) is 0.972. The summed E-state index contributed by atoms with van der Waals surface area (Å²) in [6, 6.07) is 12.6. The second kappa shape index (κ2) is 6.56. The molecule has 0 saturated carbocycles. The predicted octanol–water partition coefficient (Wildman–Crippen LogP) is 3.84. The molecular formula is C21H19Cl2N3O2. The Morgan fingerprint density at radius 2 is 1.46 bits per heavy atom. The van der Waals surface area contributed by atoms with E-state index in [0.29, 0.717) is 15.7 Å². The van der Waals surface area contributed by atoms with Crippen LogP contribution in [0.2, 0.25) is 10.0 Å². The number of carbonyl (C=O) groups is 2. The number of benzene rings is 2. The van der Waals surface area contributed by atoms with Gasteiger partial charge in [-0.2, -0.15) is 0 Å². The Hall–Kier alpha value is -1.92. The topological polar surface area (TPSA) is 43.9 Å². The second-order valence-corrected chi connectivity index (χ2v) is 8.40. The highest BCUT2D eigenvalue weighted by Crippen LogP contribution is 2.50. The van der Waals surface area contributed by atoms with Crippen molar-refractivity contribution < 1.29 is 9.59 Å². The van der Waals surface area contributed by atoms with E-state index in [1.165, 1.54) is 4.90 Å². The van der Waals surface area contributed by atoms with E-state index in [0.717, 1.165) is 30.6 Å². The highest BCUT2D eigenvalue weighted by atomic mass is 35.5. The number of carbonyl (C=O) groups excluding carboxylic acids is 2. The summed E-state index contributed by atoms with van der Waals surface area (Å²) >= 11 is 12.6. The van der Waals surface area contributed by atoms with Crippen LogP contribution in [0, 0.1) is 12.8 Å². The fraction of sp³-hybridized carbons (Fsp3) is 0.333. The summed E-state index contributed by atoms with van der Waals surface area (Å²) < 4.78 is 0. The molecule has 0 N–H and O–H groups in total. The van der Waals surface area contributed by atoms with Gasteiger partial charge in [0.1, 0.15) is 6.04 Å². The molecule has 28 heavy (non-hydrogen) atoms. The normalized spacial score (nSPS) is 27.5. The summed E-state index contributed by atoms with van der Waals surface area (Å²) in [5.74, 6) is -0.945. The smallest absolute Gasteiger partial charge is 0.253 e. The number of imide groups is 1. The number of hydrogen-bond acceptors (Lipinski definition) is 4. The van der Waals surface area contributed by atoms with E-state index in [1.807, 2.05) is 19.1 Å². The molecule has 0 radical (unpaired) electrons. The third-order valence-corrected chi connectivity index (χ3v) is 6.60. The molecule has 2 aromatic rings. The first-order chi connectivity index (χ1) is 13.5. The average molecular weight is 416 g/mol. The van der Waals surface area contributed by atoms with Gasteiger partial charge < -0.3 is 0 Å². The van der Waals surface area contributed by atoms with Gasteiger partial charge in [0.2, 0.25) is 5.91 Å². The molecule has 144 valence electrons. The van der Waals surface area contributed by atoms with Crippen molar-refractivity contribution >= 4 is 40.7 Å². The number of rotatable bonds is 2. The molecule has 3 aliphatic heterocycles. The Labute approximate surface area is 173 Å². The Bertz CT molecular complexity index is 958. The number of nitrogens with zero attached hydrogens (tertiary/aromatic N) is 3. The molecule has 3 heterocycles. The zero-order chi connectivity index (χ0) is 19.6.